The van der Waals surface area contributed by atoms with Crippen molar-refractivity contribution in [2.75, 3.05) is 33.9 Å². The van der Waals surface area contributed by atoms with Crippen molar-refractivity contribution in [3.63, 3.8) is 0 Å². The minimum atomic E-state index is 0.0109. The van der Waals surface area contributed by atoms with Crippen LogP contribution in [0, 0.1) is 0 Å². The lowest BCUT2D eigenvalue weighted by Gasteiger charge is -2.25. The first kappa shape index (κ1) is 30.7. The number of hydrazine groups is 4. The van der Waals surface area contributed by atoms with Crippen molar-refractivity contribution in [1.82, 2.24) is 31.4 Å². The SMILES string of the molecule is CCCN(CCC)C(=O)C1=Cc2ccc(-c3ccc(C=O)c(/C=C\N(C)CN(NN)NNC)c3)cc2N=C(N)C1. The van der Waals surface area contributed by atoms with Crippen molar-refractivity contribution < 1.29 is 9.59 Å². The van der Waals surface area contributed by atoms with Crippen LogP contribution >= 0.6 is 0 Å². The number of aliphatic imine (C=N–C) groups is 1. The second-order valence-corrected chi connectivity index (χ2v) is 9.61. The molecular formula is C29H41N9O2. The smallest absolute Gasteiger partial charge is 0.250 e. The van der Waals surface area contributed by atoms with Crippen LogP contribution in [0.25, 0.3) is 23.3 Å². The summed E-state index contributed by atoms with van der Waals surface area (Å²) in [6, 6.07) is 11.6. The number of nitrogens with one attached hydrogen (secondary N) is 3. The molecule has 1 aliphatic rings. The van der Waals surface area contributed by atoms with Gasteiger partial charge in [0, 0.05) is 49.5 Å². The van der Waals surface area contributed by atoms with Gasteiger partial charge < -0.3 is 15.5 Å². The van der Waals surface area contributed by atoms with E-state index in [2.05, 4.69) is 35.3 Å². The van der Waals surface area contributed by atoms with E-state index < -0.39 is 0 Å². The van der Waals surface area contributed by atoms with Gasteiger partial charge in [0.15, 0.2) is 6.29 Å². The van der Waals surface area contributed by atoms with E-state index in [9.17, 15) is 9.59 Å². The summed E-state index contributed by atoms with van der Waals surface area (Å²) in [4.78, 5) is 33.4. The third-order valence-corrected chi connectivity index (χ3v) is 6.37. The van der Waals surface area contributed by atoms with Crippen LogP contribution in [0.4, 0.5) is 5.69 Å². The molecule has 1 heterocycles. The van der Waals surface area contributed by atoms with Crippen LogP contribution in [0.3, 0.4) is 0 Å². The molecule has 11 heteroatoms. The van der Waals surface area contributed by atoms with Gasteiger partial charge in [-0.3, -0.25) is 15.4 Å². The minimum absolute atomic E-state index is 0.0109. The fourth-order valence-corrected chi connectivity index (χ4v) is 4.49. The Labute approximate surface area is 236 Å². The zero-order valence-electron chi connectivity index (χ0n) is 23.8. The number of hydrogen-bond acceptors (Lipinski definition) is 10. The quantitative estimate of drug-likeness (QED) is 0.104. The maximum atomic E-state index is 13.3. The number of benzene rings is 2. The molecule has 1 amide bonds. The number of nitrogens with two attached hydrogens (primary N) is 2. The van der Waals surface area contributed by atoms with Gasteiger partial charge in [-0.2, -0.15) is 11.1 Å². The molecule has 0 spiro atoms. The summed E-state index contributed by atoms with van der Waals surface area (Å²) in [6.45, 7) is 5.98. The Balaban J connectivity index is 1.90. The summed E-state index contributed by atoms with van der Waals surface area (Å²) in [5, 5.41) is 1.54. The predicted molar refractivity (Wildman–Crippen MR) is 161 cm³/mol. The van der Waals surface area contributed by atoms with E-state index in [1.807, 2.05) is 65.5 Å². The molecule has 0 unspecified atom stereocenters. The first-order valence-corrected chi connectivity index (χ1v) is 13.4. The lowest BCUT2D eigenvalue weighted by atomic mass is 9.97. The molecule has 0 saturated heterocycles. The van der Waals surface area contributed by atoms with Crippen molar-refractivity contribution in [1.29, 1.82) is 0 Å². The normalized spacial score (nSPS) is 13.1. The summed E-state index contributed by atoms with van der Waals surface area (Å²) < 4.78 is 0. The Bertz CT molecular complexity index is 1270. The number of amides is 1. The van der Waals surface area contributed by atoms with Crippen LogP contribution in [0.15, 0.2) is 53.2 Å². The lowest BCUT2D eigenvalue weighted by Crippen LogP contribution is -2.58. The summed E-state index contributed by atoms with van der Waals surface area (Å²) in [6.07, 6.45) is 8.59. The molecule has 2 aromatic carbocycles. The molecule has 0 atom stereocenters. The van der Waals surface area contributed by atoms with Crippen LogP contribution in [0.5, 0.6) is 0 Å². The number of nitrogens with zero attached hydrogens (tertiary/aromatic N) is 4. The molecule has 1 aliphatic heterocycles. The molecule has 214 valence electrons. The van der Waals surface area contributed by atoms with Gasteiger partial charge in [0.1, 0.15) is 12.5 Å². The molecule has 0 fully saturated rings. The number of rotatable bonds is 14. The largest absolute Gasteiger partial charge is 0.387 e. The summed E-state index contributed by atoms with van der Waals surface area (Å²) in [5.41, 5.74) is 19.8. The maximum Gasteiger partial charge on any atom is 0.250 e. The first-order valence-electron chi connectivity index (χ1n) is 13.4. The number of fused-ring (bicyclic) bond motifs is 1. The summed E-state index contributed by atoms with van der Waals surface area (Å²) in [7, 11) is 3.61. The molecule has 2 aromatic rings. The predicted octanol–water partition coefficient (Wildman–Crippen LogP) is 2.77. The van der Waals surface area contributed by atoms with Crippen molar-refractivity contribution in [3.05, 3.63) is 64.9 Å². The molecule has 3 rings (SSSR count). The molecule has 0 bridgehead atoms. The van der Waals surface area contributed by atoms with Gasteiger partial charge in [-0.05, 0) is 60.9 Å². The summed E-state index contributed by atoms with van der Waals surface area (Å²) in [5.74, 6) is 5.92. The zero-order chi connectivity index (χ0) is 29.1. The average Bonchev–Trinajstić information content (AvgIpc) is 3.12. The number of aldehydes is 1. The number of hydrogen-bond donors (Lipinski definition) is 5. The van der Waals surface area contributed by atoms with Crippen LogP contribution in [-0.2, 0) is 4.79 Å². The highest BCUT2D eigenvalue weighted by atomic mass is 16.2. The highest BCUT2D eigenvalue weighted by Crippen LogP contribution is 2.33. The Morgan fingerprint density at radius 2 is 1.77 bits per heavy atom. The van der Waals surface area contributed by atoms with Crippen molar-refractivity contribution in [2.45, 2.75) is 33.1 Å². The Hall–Kier alpha value is -3.87. The van der Waals surface area contributed by atoms with Crippen LogP contribution in [-0.4, -0.2) is 66.8 Å². The highest BCUT2D eigenvalue weighted by molar-refractivity contribution is 6.05. The Morgan fingerprint density at radius 1 is 1.07 bits per heavy atom. The monoisotopic (exact) mass is 547 g/mol. The third-order valence-electron chi connectivity index (χ3n) is 6.37. The van der Waals surface area contributed by atoms with Crippen LogP contribution in [0.2, 0.25) is 0 Å². The van der Waals surface area contributed by atoms with Crippen molar-refractivity contribution in [3.8, 4) is 11.1 Å². The van der Waals surface area contributed by atoms with Crippen molar-refractivity contribution in [2.24, 2.45) is 16.6 Å². The Kier molecular flexibility index (Phi) is 11.5. The lowest BCUT2D eigenvalue weighted by molar-refractivity contribution is -0.127. The Morgan fingerprint density at radius 3 is 2.42 bits per heavy atom. The van der Waals surface area contributed by atoms with Crippen LogP contribution < -0.4 is 28.1 Å². The molecule has 0 aliphatic carbocycles. The molecular weight excluding hydrogens is 506 g/mol. The van der Waals surface area contributed by atoms with E-state index in [1.165, 1.54) is 0 Å². The standard InChI is InChI=1S/C29H41N9O2/c1-5-12-37(13-6-2)29(40)26-16-24-9-7-22(17-27(24)33-28(30)18-26)21-8-10-25(19-39)23(15-21)11-14-36(4)20-38(34-31)35-32-3/h7-11,14-17,19,32,34-35H,5-6,12-13,18,20,31H2,1-4H3,(H2,30,33)/b14-11-. The molecule has 0 saturated carbocycles. The van der Waals surface area contributed by atoms with Crippen LogP contribution in [0.1, 0.15) is 54.6 Å². The highest BCUT2D eigenvalue weighted by Gasteiger charge is 2.21. The fraction of sp³-hybridized carbons (Fsp3) is 0.345. The topological polar surface area (TPSA) is 144 Å². The molecule has 11 nitrogen and oxygen atoms in total. The number of carbonyl (C=O) groups is 2. The van der Waals surface area contributed by atoms with E-state index in [4.69, 9.17) is 11.6 Å². The van der Waals surface area contributed by atoms with Gasteiger partial charge in [0.25, 0.3) is 0 Å². The number of amidine groups is 1. The molecule has 0 aromatic heterocycles. The van der Waals surface area contributed by atoms with E-state index in [0.717, 1.165) is 41.4 Å². The van der Waals surface area contributed by atoms with E-state index in [1.54, 1.807) is 18.2 Å². The number of carbonyl (C=O) groups excluding carboxylic acids is 2. The van der Waals surface area contributed by atoms with Gasteiger partial charge in [-0.1, -0.05) is 38.1 Å². The maximum absolute atomic E-state index is 13.3. The van der Waals surface area contributed by atoms with E-state index >= 15 is 0 Å². The van der Waals surface area contributed by atoms with E-state index in [-0.39, 0.29) is 5.91 Å². The molecule has 0 radical (unpaired) electrons. The van der Waals surface area contributed by atoms with Crippen molar-refractivity contribution >= 4 is 35.9 Å². The van der Waals surface area contributed by atoms with Gasteiger partial charge in [-0.15, -0.1) is 5.12 Å². The van der Waals surface area contributed by atoms with Gasteiger partial charge >= 0.3 is 0 Å². The minimum Gasteiger partial charge on any atom is -0.387 e. The average molecular weight is 548 g/mol. The molecule has 7 N–H and O–H groups in total. The molecule has 40 heavy (non-hydrogen) atoms. The second kappa shape index (κ2) is 15.1. The van der Waals surface area contributed by atoms with Gasteiger partial charge in [0.05, 0.1) is 5.69 Å². The zero-order valence-corrected chi connectivity index (χ0v) is 23.8. The van der Waals surface area contributed by atoms with Gasteiger partial charge in [-0.25, -0.2) is 10.4 Å². The summed E-state index contributed by atoms with van der Waals surface area (Å²) >= 11 is 0. The fourth-order valence-electron chi connectivity index (χ4n) is 4.49. The van der Waals surface area contributed by atoms with E-state index in [0.29, 0.717) is 48.8 Å². The third kappa shape index (κ3) is 8.07. The first-order chi connectivity index (χ1) is 19.3. The van der Waals surface area contributed by atoms with Gasteiger partial charge in [0.2, 0.25) is 5.91 Å². The second-order valence-electron chi connectivity index (χ2n) is 9.61.